The second-order valence-corrected chi connectivity index (χ2v) is 7.86. The first-order valence-corrected chi connectivity index (χ1v) is 10.8. The molecular formula is C25H23F3N5O2+. The average molecular weight is 482 g/mol. The third kappa shape index (κ3) is 6.24. The van der Waals surface area contributed by atoms with Crippen molar-refractivity contribution in [3.8, 4) is 11.1 Å². The van der Waals surface area contributed by atoms with E-state index in [9.17, 15) is 18.0 Å². The van der Waals surface area contributed by atoms with Crippen molar-refractivity contribution in [1.29, 1.82) is 0 Å². The number of hydrogen-bond donors (Lipinski definition) is 3. The van der Waals surface area contributed by atoms with Gasteiger partial charge in [-0.2, -0.15) is 13.2 Å². The first kappa shape index (κ1) is 24.0. The van der Waals surface area contributed by atoms with Crippen molar-refractivity contribution >= 4 is 17.6 Å². The molecule has 180 valence electrons. The van der Waals surface area contributed by atoms with Crippen LogP contribution in [0.4, 0.5) is 29.5 Å². The van der Waals surface area contributed by atoms with Gasteiger partial charge in [-0.25, -0.2) is 4.79 Å². The molecule has 7 nitrogen and oxygen atoms in total. The monoisotopic (exact) mass is 482 g/mol. The van der Waals surface area contributed by atoms with E-state index in [0.29, 0.717) is 6.42 Å². The van der Waals surface area contributed by atoms with Crippen LogP contribution >= 0.6 is 0 Å². The number of urea groups is 1. The standard InChI is InChI=1S/C25H22F3N5O2/c26-25(27,28)20-7-4-8-21(14-20)30-24(34)31-23-16-33(32-35-23)22(15-29)13-17-9-11-19(12-10-17)18-5-2-1-3-6-18/h1-12,14,16,22H,13,15,29H2,(H-,30,31,32,34)/p+1/t22-/m0/s1. The number of nitrogens with one attached hydrogen (secondary N) is 2. The minimum absolute atomic E-state index is 0.0106. The molecule has 0 unspecified atom stereocenters. The number of anilines is 2. The third-order valence-electron chi connectivity index (χ3n) is 5.35. The van der Waals surface area contributed by atoms with Gasteiger partial charge in [-0.05, 0) is 39.6 Å². The van der Waals surface area contributed by atoms with Gasteiger partial charge in [0.1, 0.15) is 0 Å². The van der Waals surface area contributed by atoms with E-state index in [-0.39, 0.29) is 24.2 Å². The molecule has 2 amide bonds. The topological polar surface area (TPSA) is 97.1 Å². The summed E-state index contributed by atoms with van der Waals surface area (Å²) in [6.07, 6.45) is -2.45. The lowest BCUT2D eigenvalue weighted by molar-refractivity contribution is -0.782. The molecule has 0 saturated carbocycles. The molecule has 1 heterocycles. The zero-order chi connectivity index (χ0) is 24.8. The summed E-state index contributed by atoms with van der Waals surface area (Å²) in [4.78, 5) is 12.2. The number of benzene rings is 3. The number of amides is 2. The Hall–Kier alpha value is -4.18. The van der Waals surface area contributed by atoms with Gasteiger partial charge in [-0.15, -0.1) is 0 Å². The number of alkyl halides is 3. The quantitative estimate of drug-likeness (QED) is 0.322. The van der Waals surface area contributed by atoms with E-state index >= 15 is 0 Å². The number of carbonyl (C=O) groups is 1. The molecule has 4 rings (SSSR count). The summed E-state index contributed by atoms with van der Waals surface area (Å²) in [5, 5.41) is 8.68. The van der Waals surface area contributed by atoms with E-state index < -0.39 is 17.8 Å². The molecule has 0 aliphatic carbocycles. The van der Waals surface area contributed by atoms with E-state index in [0.717, 1.165) is 28.8 Å². The second kappa shape index (κ2) is 10.4. The van der Waals surface area contributed by atoms with Crippen molar-refractivity contribution in [1.82, 2.24) is 5.27 Å². The highest BCUT2D eigenvalue weighted by Gasteiger charge is 2.30. The highest BCUT2D eigenvalue weighted by atomic mass is 19.4. The largest absolute Gasteiger partial charge is 0.416 e. The van der Waals surface area contributed by atoms with Crippen LogP contribution in [0.3, 0.4) is 0 Å². The van der Waals surface area contributed by atoms with Gasteiger partial charge in [0.2, 0.25) is 11.3 Å². The molecule has 1 atom stereocenters. The van der Waals surface area contributed by atoms with Crippen molar-refractivity contribution < 1.29 is 27.2 Å². The molecule has 3 aromatic carbocycles. The van der Waals surface area contributed by atoms with E-state index in [1.54, 1.807) is 0 Å². The summed E-state index contributed by atoms with van der Waals surface area (Å²) >= 11 is 0. The predicted octanol–water partition coefficient (Wildman–Crippen LogP) is 5.03. The van der Waals surface area contributed by atoms with E-state index in [1.807, 2.05) is 54.6 Å². The molecule has 1 aromatic heterocycles. The Labute approximate surface area is 199 Å². The summed E-state index contributed by atoms with van der Waals surface area (Å²) in [7, 11) is 0. The Kier molecular flexibility index (Phi) is 7.11. The Bertz CT molecular complexity index is 1270. The van der Waals surface area contributed by atoms with Gasteiger partial charge in [-0.3, -0.25) is 9.84 Å². The highest BCUT2D eigenvalue weighted by Crippen LogP contribution is 2.30. The highest BCUT2D eigenvalue weighted by molar-refractivity contribution is 5.98. The van der Waals surface area contributed by atoms with Gasteiger partial charge in [0, 0.05) is 12.1 Å². The van der Waals surface area contributed by atoms with Crippen LogP contribution in [0, 0.1) is 0 Å². The molecule has 0 aliphatic rings. The molecule has 0 bridgehead atoms. The SMILES string of the molecule is NC[C@H](Cc1ccc(-c2ccccc2)cc1)[n+]1cc(NC(=O)Nc2cccc(C(F)(F)F)c2)on1. The van der Waals surface area contributed by atoms with Gasteiger partial charge in [0.25, 0.3) is 6.20 Å². The lowest BCUT2D eigenvalue weighted by Gasteiger charge is -2.09. The molecule has 0 fully saturated rings. The normalized spacial score (nSPS) is 12.2. The average Bonchev–Trinajstić information content (AvgIpc) is 3.31. The minimum Gasteiger partial charge on any atom is -0.325 e. The van der Waals surface area contributed by atoms with E-state index in [4.69, 9.17) is 10.3 Å². The fraction of sp³-hybridized carbons (Fsp3) is 0.160. The minimum atomic E-state index is -4.51. The van der Waals surface area contributed by atoms with Crippen molar-refractivity contribution in [2.45, 2.75) is 18.6 Å². The zero-order valence-electron chi connectivity index (χ0n) is 18.5. The maximum atomic E-state index is 12.9. The first-order chi connectivity index (χ1) is 16.8. The Morgan fingerprint density at radius 1 is 0.971 bits per heavy atom. The van der Waals surface area contributed by atoms with Gasteiger partial charge in [0.15, 0.2) is 0 Å². The van der Waals surface area contributed by atoms with Crippen LogP contribution in [0.5, 0.6) is 0 Å². The summed E-state index contributed by atoms with van der Waals surface area (Å²) in [5.41, 5.74) is 8.34. The van der Waals surface area contributed by atoms with E-state index in [1.165, 1.54) is 23.0 Å². The summed E-state index contributed by atoms with van der Waals surface area (Å²) in [6, 6.07) is 21.5. The van der Waals surface area contributed by atoms with Crippen LogP contribution < -0.4 is 21.0 Å². The van der Waals surface area contributed by atoms with Crippen LogP contribution in [-0.2, 0) is 12.6 Å². The number of hydrogen-bond acceptors (Lipinski definition) is 4. The zero-order valence-corrected chi connectivity index (χ0v) is 18.5. The van der Waals surface area contributed by atoms with Crippen LogP contribution in [0.2, 0.25) is 0 Å². The molecule has 0 radical (unpaired) electrons. The lowest BCUT2D eigenvalue weighted by atomic mass is 10.0. The summed E-state index contributed by atoms with van der Waals surface area (Å²) in [5.74, 6) is 0.0207. The molecule has 4 N–H and O–H groups in total. The number of aromatic nitrogens is 2. The van der Waals surface area contributed by atoms with Crippen LogP contribution in [0.15, 0.2) is 89.6 Å². The van der Waals surface area contributed by atoms with Crippen LogP contribution in [0.1, 0.15) is 17.2 Å². The van der Waals surface area contributed by atoms with Gasteiger partial charge in [0.05, 0.1) is 12.1 Å². The fourth-order valence-corrected chi connectivity index (χ4v) is 3.55. The summed E-state index contributed by atoms with van der Waals surface area (Å²) in [6.45, 7) is 0.271. The van der Waals surface area contributed by atoms with Gasteiger partial charge < -0.3 is 11.1 Å². The number of nitrogens with two attached hydrogens (primary N) is 1. The lowest BCUT2D eigenvalue weighted by Crippen LogP contribution is -2.45. The van der Waals surface area contributed by atoms with Crippen LogP contribution in [0.25, 0.3) is 11.1 Å². The maximum Gasteiger partial charge on any atom is 0.416 e. The smallest absolute Gasteiger partial charge is 0.325 e. The Balaban J connectivity index is 1.37. The van der Waals surface area contributed by atoms with Crippen molar-refractivity contribution in [2.24, 2.45) is 5.73 Å². The predicted molar refractivity (Wildman–Crippen MR) is 124 cm³/mol. The van der Waals surface area contributed by atoms with E-state index in [2.05, 4.69) is 15.9 Å². The number of nitrogens with zero attached hydrogens (tertiary/aromatic N) is 2. The Morgan fingerprint density at radius 3 is 2.37 bits per heavy atom. The third-order valence-corrected chi connectivity index (χ3v) is 5.35. The molecule has 35 heavy (non-hydrogen) atoms. The summed E-state index contributed by atoms with van der Waals surface area (Å²) < 4.78 is 45.2. The number of carbonyl (C=O) groups excluding carboxylic acids is 1. The molecule has 10 heteroatoms. The fourth-order valence-electron chi connectivity index (χ4n) is 3.55. The van der Waals surface area contributed by atoms with Gasteiger partial charge >= 0.3 is 18.1 Å². The van der Waals surface area contributed by atoms with Crippen molar-refractivity contribution in [2.75, 3.05) is 17.2 Å². The molecular weight excluding hydrogens is 459 g/mol. The maximum absolute atomic E-state index is 12.9. The first-order valence-electron chi connectivity index (χ1n) is 10.8. The molecule has 0 aliphatic heterocycles. The Morgan fingerprint density at radius 2 is 1.69 bits per heavy atom. The number of halogens is 3. The number of rotatable bonds is 7. The second-order valence-electron chi connectivity index (χ2n) is 7.86. The molecule has 0 spiro atoms. The van der Waals surface area contributed by atoms with Crippen LogP contribution in [-0.4, -0.2) is 17.8 Å². The van der Waals surface area contributed by atoms with Crippen molar-refractivity contribution in [3.05, 3.63) is 96.2 Å². The molecule has 0 saturated heterocycles. The van der Waals surface area contributed by atoms with Gasteiger partial charge in [-0.1, -0.05) is 60.7 Å². The van der Waals surface area contributed by atoms with Crippen molar-refractivity contribution in [3.63, 3.8) is 0 Å². The molecule has 4 aromatic rings.